The van der Waals surface area contributed by atoms with Crippen molar-refractivity contribution in [1.29, 1.82) is 0 Å². The molecule has 1 heterocycles. The molecule has 1 saturated heterocycles. The van der Waals surface area contributed by atoms with E-state index in [-0.39, 0.29) is 24.1 Å². The number of epoxide rings is 1. The minimum Gasteiger partial charge on any atom is -0.468 e. The minimum absolute atomic E-state index is 0.104. The Kier molecular flexibility index (Phi) is 1.46. The first-order chi connectivity index (χ1) is 5.33. The van der Waals surface area contributed by atoms with E-state index in [1.165, 1.54) is 7.11 Å². The van der Waals surface area contributed by atoms with Crippen LogP contribution in [0.1, 0.15) is 6.42 Å². The molecule has 3 heteroatoms. The minimum atomic E-state index is -0.187. The maximum atomic E-state index is 11.1. The second-order valence-electron chi connectivity index (χ2n) is 2.85. The number of rotatable bonds is 1. The van der Waals surface area contributed by atoms with Gasteiger partial charge in [0, 0.05) is 0 Å². The van der Waals surface area contributed by atoms with Gasteiger partial charge in [-0.1, -0.05) is 12.2 Å². The number of hydrogen-bond acceptors (Lipinski definition) is 3. The Morgan fingerprint density at radius 2 is 2.55 bits per heavy atom. The molecule has 1 aliphatic carbocycles. The van der Waals surface area contributed by atoms with Gasteiger partial charge in [-0.2, -0.15) is 0 Å². The molecule has 11 heavy (non-hydrogen) atoms. The standard InChI is InChI=1S/C8H10O3/c1-10-8(9)5-3-2-4-6-7(5)11-6/h2-3,5-7H,4H2,1H3. The van der Waals surface area contributed by atoms with Crippen molar-refractivity contribution < 1.29 is 14.3 Å². The molecular weight excluding hydrogens is 144 g/mol. The predicted octanol–water partition coefficient (Wildman–Crippen LogP) is 0.503. The summed E-state index contributed by atoms with van der Waals surface area (Å²) in [5, 5.41) is 0. The highest BCUT2D eigenvalue weighted by Crippen LogP contribution is 2.37. The summed E-state index contributed by atoms with van der Waals surface area (Å²) in [7, 11) is 1.40. The Morgan fingerprint density at radius 3 is 3.27 bits per heavy atom. The number of methoxy groups -OCH3 is 1. The number of ether oxygens (including phenoxy) is 2. The van der Waals surface area contributed by atoms with Crippen LogP contribution in [0, 0.1) is 5.92 Å². The van der Waals surface area contributed by atoms with Crippen LogP contribution < -0.4 is 0 Å². The van der Waals surface area contributed by atoms with Gasteiger partial charge in [-0.15, -0.1) is 0 Å². The molecule has 3 nitrogen and oxygen atoms in total. The summed E-state index contributed by atoms with van der Waals surface area (Å²) < 4.78 is 9.87. The number of fused-ring (bicyclic) bond motifs is 1. The fraction of sp³-hybridized carbons (Fsp3) is 0.625. The smallest absolute Gasteiger partial charge is 0.315 e. The molecular formula is C8H10O3. The quantitative estimate of drug-likeness (QED) is 0.313. The van der Waals surface area contributed by atoms with Crippen LogP contribution in [0.3, 0.4) is 0 Å². The third-order valence-electron chi connectivity index (χ3n) is 2.16. The molecule has 1 aliphatic heterocycles. The van der Waals surface area contributed by atoms with Gasteiger partial charge in [0.15, 0.2) is 0 Å². The highest BCUT2D eigenvalue weighted by Gasteiger charge is 2.48. The van der Waals surface area contributed by atoms with Crippen LogP contribution in [0.25, 0.3) is 0 Å². The average Bonchev–Trinajstić information content (AvgIpc) is 2.80. The third kappa shape index (κ3) is 1.05. The van der Waals surface area contributed by atoms with Crippen LogP contribution in [-0.2, 0) is 14.3 Å². The van der Waals surface area contributed by atoms with Crippen molar-refractivity contribution >= 4 is 5.97 Å². The van der Waals surface area contributed by atoms with E-state index < -0.39 is 0 Å². The Labute approximate surface area is 65.0 Å². The number of hydrogen-bond donors (Lipinski definition) is 0. The summed E-state index contributed by atoms with van der Waals surface area (Å²) in [5.74, 6) is -0.341. The summed E-state index contributed by atoms with van der Waals surface area (Å²) in [6.45, 7) is 0. The molecule has 2 aliphatic rings. The maximum Gasteiger partial charge on any atom is 0.315 e. The lowest BCUT2D eigenvalue weighted by Crippen LogP contribution is -2.22. The molecule has 0 aromatic heterocycles. The second kappa shape index (κ2) is 2.34. The number of carbonyl (C=O) groups is 1. The van der Waals surface area contributed by atoms with Gasteiger partial charge in [0.05, 0.1) is 13.2 Å². The fourth-order valence-electron chi connectivity index (χ4n) is 1.48. The first-order valence-corrected chi connectivity index (χ1v) is 3.73. The molecule has 0 aromatic rings. The predicted molar refractivity (Wildman–Crippen MR) is 37.9 cm³/mol. The van der Waals surface area contributed by atoms with Crippen LogP contribution >= 0.6 is 0 Å². The summed E-state index contributed by atoms with van der Waals surface area (Å²) in [5.41, 5.74) is 0. The van der Waals surface area contributed by atoms with Gasteiger partial charge in [-0.25, -0.2) is 0 Å². The zero-order chi connectivity index (χ0) is 7.84. The topological polar surface area (TPSA) is 38.8 Å². The Balaban J connectivity index is 2.07. The molecule has 60 valence electrons. The fourth-order valence-corrected chi connectivity index (χ4v) is 1.48. The van der Waals surface area contributed by atoms with E-state index in [0.29, 0.717) is 0 Å². The normalized spacial score (nSPS) is 39.5. The van der Waals surface area contributed by atoms with E-state index in [9.17, 15) is 4.79 Å². The third-order valence-corrected chi connectivity index (χ3v) is 2.16. The molecule has 0 saturated carbocycles. The van der Waals surface area contributed by atoms with E-state index in [1.807, 2.05) is 12.2 Å². The van der Waals surface area contributed by atoms with E-state index in [4.69, 9.17) is 4.74 Å². The van der Waals surface area contributed by atoms with Crippen LogP contribution in [0.4, 0.5) is 0 Å². The largest absolute Gasteiger partial charge is 0.468 e. The van der Waals surface area contributed by atoms with E-state index in [0.717, 1.165) is 6.42 Å². The molecule has 2 rings (SSSR count). The first kappa shape index (κ1) is 6.85. The van der Waals surface area contributed by atoms with Crippen molar-refractivity contribution in [2.75, 3.05) is 7.11 Å². The first-order valence-electron chi connectivity index (χ1n) is 3.73. The van der Waals surface area contributed by atoms with Gasteiger partial charge in [-0.3, -0.25) is 4.79 Å². The van der Waals surface area contributed by atoms with Crippen molar-refractivity contribution in [2.24, 2.45) is 5.92 Å². The molecule has 0 amide bonds. The molecule has 0 N–H and O–H groups in total. The van der Waals surface area contributed by atoms with E-state index in [1.54, 1.807) is 0 Å². The molecule has 0 spiro atoms. The van der Waals surface area contributed by atoms with Gasteiger partial charge in [0.2, 0.25) is 0 Å². The number of carbonyl (C=O) groups excluding carboxylic acids is 1. The van der Waals surface area contributed by atoms with Crippen LogP contribution in [-0.4, -0.2) is 25.3 Å². The van der Waals surface area contributed by atoms with Crippen molar-refractivity contribution in [2.45, 2.75) is 18.6 Å². The average molecular weight is 154 g/mol. The van der Waals surface area contributed by atoms with Crippen LogP contribution in [0.2, 0.25) is 0 Å². The lowest BCUT2D eigenvalue weighted by Gasteiger charge is -2.09. The highest BCUT2D eigenvalue weighted by molar-refractivity contribution is 5.76. The summed E-state index contributed by atoms with van der Waals surface area (Å²) in [6, 6.07) is 0. The van der Waals surface area contributed by atoms with E-state index in [2.05, 4.69) is 4.74 Å². The lowest BCUT2D eigenvalue weighted by atomic mass is 9.96. The van der Waals surface area contributed by atoms with Crippen molar-refractivity contribution in [3.8, 4) is 0 Å². The van der Waals surface area contributed by atoms with E-state index >= 15 is 0 Å². The van der Waals surface area contributed by atoms with Gasteiger partial charge < -0.3 is 9.47 Å². The monoisotopic (exact) mass is 154 g/mol. The summed E-state index contributed by atoms with van der Waals surface area (Å²) in [4.78, 5) is 11.1. The highest BCUT2D eigenvalue weighted by atomic mass is 16.6. The SMILES string of the molecule is COC(=O)C1C=CCC2OC21. The van der Waals surface area contributed by atoms with Gasteiger partial charge in [-0.05, 0) is 6.42 Å². The molecule has 1 fully saturated rings. The van der Waals surface area contributed by atoms with Crippen molar-refractivity contribution in [3.05, 3.63) is 12.2 Å². The second-order valence-corrected chi connectivity index (χ2v) is 2.85. The molecule has 0 aromatic carbocycles. The maximum absolute atomic E-state index is 11.1. The Morgan fingerprint density at radius 1 is 1.73 bits per heavy atom. The lowest BCUT2D eigenvalue weighted by molar-refractivity contribution is -0.144. The molecule has 3 unspecified atom stereocenters. The molecule has 0 bridgehead atoms. The van der Waals surface area contributed by atoms with Gasteiger partial charge in [0.25, 0.3) is 0 Å². The zero-order valence-electron chi connectivity index (χ0n) is 6.32. The van der Waals surface area contributed by atoms with Crippen molar-refractivity contribution in [3.63, 3.8) is 0 Å². The molecule has 0 radical (unpaired) electrons. The van der Waals surface area contributed by atoms with Gasteiger partial charge >= 0.3 is 5.97 Å². The van der Waals surface area contributed by atoms with Crippen LogP contribution in [0.5, 0.6) is 0 Å². The summed E-state index contributed by atoms with van der Waals surface area (Å²) in [6.07, 6.45) is 5.19. The van der Waals surface area contributed by atoms with Crippen molar-refractivity contribution in [1.82, 2.24) is 0 Å². The summed E-state index contributed by atoms with van der Waals surface area (Å²) >= 11 is 0. The Hall–Kier alpha value is -0.830. The zero-order valence-corrected chi connectivity index (χ0v) is 6.32. The molecule has 3 atom stereocenters. The van der Waals surface area contributed by atoms with Gasteiger partial charge in [0.1, 0.15) is 12.0 Å². The van der Waals surface area contributed by atoms with Crippen LogP contribution in [0.15, 0.2) is 12.2 Å². The number of esters is 1. The Bertz CT molecular complexity index is 209.